The minimum absolute atomic E-state index is 0.0924. The highest BCUT2D eigenvalue weighted by Gasteiger charge is 2.34. The maximum absolute atomic E-state index is 13.0. The van der Waals surface area contributed by atoms with Gasteiger partial charge in [0.2, 0.25) is 10.0 Å². The molecule has 0 spiro atoms. The van der Waals surface area contributed by atoms with Gasteiger partial charge in [0.1, 0.15) is 18.2 Å². The molecule has 1 unspecified atom stereocenters. The summed E-state index contributed by atoms with van der Waals surface area (Å²) in [5, 5.41) is 0. The van der Waals surface area contributed by atoms with Crippen LogP contribution in [0.3, 0.4) is 0 Å². The number of likely N-dealkylation sites (N-methyl/N-ethyl adjacent to an activating group) is 1. The number of sulfonamides is 1. The molecule has 1 aromatic heterocycles. The van der Waals surface area contributed by atoms with E-state index in [2.05, 4.69) is 14.9 Å². The Labute approximate surface area is 153 Å². The average Bonchev–Trinajstić information content (AvgIpc) is 3.17. The van der Waals surface area contributed by atoms with Crippen LogP contribution in [0.4, 0.5) is 0 Å². The van der Waals surface area contributed by atoms with Crippen molar-refractivity contribution >= 4 is 10.0 Å². The van der Waals surface area contributed by atoms with E-state index in [4.69, 9.17) is 9.47 Å². The molecule has 142 valence electrons. The lowest BCUT2D eigenvalue weighted by atomic mass is 10.2. The number of nitrogens with zero attached hydrogens (tertiary/aromatic N) is 3. The molecule has 2 aromatic rings. The second kappa shape index (κ2) is 8.17. The molecule has 1 fully saturated rings. The summed E-state index contributed by atoms with van der Waals surface area (Å²) in [6, 6.07) is 6.41. The standard InChI is InChI=1S/C17H24N4O4S/c1-20-9-10-21(13-16(20)17-18-7-8-19-17)26(22,23)15-5-3-14(4-6-15)25-12-11-24-2/h3-8,16H,9-13H2,1-2H3,(H,18,19). The van der Waals surface area contributed by atoms with Crippen molar-refractivity contribution < 1.29 is 17.9 Å². The summed E-state index contributed by atoms with van der Waals surface area (Å²) in [5.74, 6) is 1.39. The quantitative estimate of drug-likeness (QED) is 0.724. The van der Waals surface area contributed by atoms with E-state index in [1.54, 1.807) is 43.8 Å². The lowest BCUT2D eigenvalue weighted by Gasteiger charge is -2.37. The molecule has 0 amide bonds. The van der Waals surface area contributed by atoms with Crippen molar-refractivity contribution in [1.82, 2.24) is 19.2 Å². The Bertz CT molecular complexity index is 793. The van der Waals surface area contributed by atoms with Gasteiger partial charge in [0, 0.05) is 39.1 Å². The molecule has 1 aliphatic heterocycles. The fourth-order valence-electron chi connectivity index (χ4n) is 2.92. The van der Waals surface area contributed by atoms with Crippen LogP contribution in [0.1, 0.15) is 11.9 Å². The summed E-state index contributed by atoms with van der Waals surface area (Å²) in [6.07, 6.45) is 3.43. The first kappa shape index (κ1) is 18.8. The summed E-state index contributed by atoms with van der Waals surface area (Å²) in [7, 11) is 0.0111. The highest BCUT2D eigenvalue weighted by atomic mass is 32.2. The van der Waals surface area contributed by atoms with Crippen LogP contribution in [-0.2, 0) is 14.8 Å². The van der Waals surface area contributed by atoms with Crippen LogP contribution in [0.2, 0.25) is 0 Å². The number of hydrogen-bond donors (Lipinski definition) is 1. The van der Waals surface area contributed by atoms with E-state index < -0.39 is 10.0 Å². The van der Waals surface area contributed by atoms with E-state index in [0.717, 1.165) is 5.82 Å². The number of hydrogen-bond acceptors (Lipinski definition) is 6. The van der Waals surface area contributed by atoms with E-state index in [1.807, 2.05) is 7.05 Å². The third kappa shape index (κ3) is 4.07. The fourth-order valence-corrected chi connectivity index (χ4v) is 4.36. The van der Waals surface area contributed by atoms with Gasteiger partial charge >= 0.3 is 0 Å². The Morgan fingerprint density at radius 2 is 2.00 bits per heavy atom. The van der Waals surface area contributed by atoms with Gasteiger partial charge in [-0.15, -0.1) is 0 Å². The molecule has 0 aliphatic carbocycles. The Kier molecular flexibility index (Phi) is 5.92. The highest BCUT2D eigenvalue weighted by molar-refractivity contribution is 7.89. The summed E-state index contributed by atoms with van der Waals surface area (Å²) >= 11 is 0. The first-order chi connectivity index (χ1) is 12.5. The molecule has 1 atom stereocenters. The largest absolute Gasteiger partial charge is 0.491 e. The molecule has 0 saturated carbocycles. The normalized spacial score (nSPS) is 19.5. The highest BCUT2D eigenvalue weighted by Crippen LogP contribution is 2.26. The second-order valence-corrected chi connectivity index (χ2v) is 8.08. The third-order valence-electron chi connectivity index (χ3n) is 4.46. The number of ether oxygens (including phenoxy) is 2. The van der Waals surface area contributed by atoms with Gasteiger partial charge in [-0.05, 0) is 31.3 Å². The van der Waals surface area contributed by atoms with Crippen LogP contribution < -0.4 is 4.74 Å². The van der Waals surface area contributed by atoms with Crippen molar-refractivity contribution in [3.05, 3.63) is 42.5 Å². The van der Waals surface area contributed by atoms with Crippen molar-refractivity contribution in [2.24, 2.45) is 0 Å². The molecule has 1 aromatic carbocycles. The average molecular weight is 380 g/mol. The van der Waals surface area contributed by atoms with Crippen LogP contribution >= 0.6 is 0 Å². The topological polar surface area (TPSA) is 87.8 Å². The van der Waals surface area contributed by atoms with Gasteiger partial charge in [-0.3, -0.25) is 4.90 Å². The van der Waals surface area contributed by atoms with Gasteiger partial charge in [-0.2, -0.15) is 4.31 Å². The van der Waals surface area contributed by atoms with Crippen molar-refractivity contribution in [2.75, 3.05) is 47.0 Å². The monoisotopic (exact) mass is 380 g/mol. The number of H-pyrrole nitrogens is 1. The molecule has 1 saturated heterocycles. The van der Waals surface area contributed by atoms with E-state index in [0.29, 0.717) is 38.6 Å². The minimum Gasteiger partial charge on any atom is -0.491 e. The number of benzene rings is 1. The van der Waals surface area contributed by atoms with Gasteiger partial charge in [0.25, 0.3) is 0 Å². The molecule has 26 heavy (non-hydrogen) atoms. The molecule has 2 heterocycles. The zero-order valence-electron chi connectivity index (χ0n) is 15.0. The number of piperazine rings is 1. The van der Waals surface area contributed by atoms with E-state index in [9.17, 15) is 8.42 Å². The minimum atomic E-state index is -3.57. The van der Waals surface area contributed by atoms with Crippen molar-refractivity contribution in [1.29, 1.82) is 0 Å². The van der Waals surface area contributed by atoms with Crippen LogP contribution in [0, 0.1) is 0 Å². The number of aromatic amines is 1. The number of methoxy groups -OCH3 is 1. The second-order valence-electron chi connectivity index (χ2n) is 6.15. The zero-order valence-corrected chi connectivity index (χ0v) is 15.8. The SMILES string of the molecule is COCCOc1ccc(S(=O)(=O)N2CCN(C)C(c3ncc[nH]3)C2)cc1. The molecular weight excluding hydrogens is 356 g/mol. The van der Waals surface area contributed by atoms with Crippen molar-refractivity contribution in [3.63, 3.8) is 0 Å². The first-order valence-corrected chi connectivity index (χ1v) is 9.88. The van der Waals surface area contributed by atoms with Crippen LogP contribution in [-0.4, -0.2) is 74.6 Å². The summed E-state index contributed by atoms with van der Waals surface area (Å²) < 4.78 is 37.9. The van der Waals surface area contributed by atoms with Crippen LogP contribution in [0.15, 0.2) is 41.6 Å². The summed E-state index contributed by atoms with van der Waals surface area (Å²) in [4.78, 5) is 9.73. The smallest absolute Gasteiger partial charge is 0.243 e. The lowest BCUT2D eigenvalue weighted by Crippen LogP contribution is -2.49. The molecule has 3 rings (SSSR count). The van der Waals surface area contributed by atoms with E-state index in [1.165, 1.54) is 4.31 Å². The summed E-state index contributed by atoms with van der Waals surface area (Å²) in [6.45, 7) is 2.35. The number of rotatable bonds is 7. The van der Waals surface area contributed by atoms with Gasteiger partial charge in [-0.25, -0.2) is 13.4 Å². The molecule has 1 aliphatic rings. The lowest BCUT2D eigenvalue weighted by molar-refractivity contribution is 0.142. The van der Waals surface area contributed by atoms with Gasteiger partial charge < -0.3 is 14.5 Å². The van der Waals surface area contributed by atoms with E-state index >= 15 is 0 Å². The predicted molar refractivity (Wildman–Crippen MR) is 96.5 cm³/mol. The molecular formula is C17H24N4O4S. The molecule has 1 N–H and O–H groups in total. The Morgan fingerprint density at radius 3 is 2.65 bits per heavy atom. The maximum atomic E-state index is 13.0. The Hall–Kier alpha value is -1.94. The van der Waals surface area contributed by atoms with Crippen LogP contribution in [0.25, 0.3) is 0 Å². The van der Waals surface area contributed by atoms with E-state index in [-0.39, 0.29) is 10.9 Å². The maximum Gasteiger partial charge on any atom is 0.243 e. The molecule has 9 heteroatoms. The van der Waals surface area contributed by atoms with Gasteiger partial charge in [0.15, 0.2) is 0 Å². The van der Waals surface area contributed by atoms with Crippen LogP contribution in [0.5, 0.6) is 5.75 Å². The molecule has 8 nitrogen and oxygen atoms in total. The summed E-state index contributed by atoms with van der Waals surface area (Å²) in [5.41, 5.74) is 0. The van der Waals surface area contributed by atoms with Gasteiger partial charge in [-0.1, -0.05) is 0 Å². The first-order valence-electron chi connectivity index (χ1n) is 8.44. The fraction of sp³-hybridized carbons (Fsp3) is 0.471. The van der Waals surface area contributed by atoms with Crippen molar-refractivity contribution in [3.8, 4) is 5.75 Å². The number of imidazole rings is 1. The number of aromatic nitrogens is 2. The molecule has 0 radical (unpaired) electrons. The zero-order chi connectivity index (χ0) is 18.6. The third-order valence-corrected chi connectivity index (χ3v) is 6.34. The Morgan fingerprint density at radius 1 is 1.23 bits per heavy atom. The van der Waals surface area contributed by atoms with Gasteiger partial charge in [0.05, 0.1) is 17.5 Å². The van der Waals surface area contributed by atoms with Crippen molar-refractivity contribution in [2.45, 2.75) is 10.9 Å². The predicted octanol–water partition coefficient (Wildman–Crippen LogP) is 1.11. The Balaban J connectivity index is 1.73. The molecule has 0 bridgehead atoms. The number of nitrogens with one attached hydrogen (secondary N) is 1.